The maximum atomic E-state index is 13.7. The van der Waals surface area contributed by atoms with Gasteiger partial charge in [-0.15, -0.1) is 0 Å². The quantitative estimate of drug-likeness (QED) is 0.480. The number of aryl methyl sites for hydroxylation is 1. The Morgan fingerprint density at radius 1 is 1.00 bits per heavy atom. The van der Waals surface area contributed by atoms with Crippen LogP contribution in [0.15, 0.2) is 70.5 Å². The fourth-order valence-electron chi connectivity index (χ4n) is 4.37. The molecule has 0 saturated heterocycles. The first kappa shape index (κ1) is 21.5. The lowest BCUT2D eigenvalue weighted by Gasteiger charge is -2.25. The van der Waals surface area contributed by atoms with Crippen LogP contribution in [0.3, 0.4) is 0 Å². The highest BCUT2D eigenvalue weighted by Gasteiger charge is 2.32. The maximum absolute atomic E-state index is 13.7. The van der Waals surface area contributed by atoms with E-state index in [0.29, 0.717) is 33.7 Å². The van der Waals surface area contributed by atoms with Crippen molar-refractivity contribution in [2.24, 2.45) is 0 Å². The lowest BCUT2D eigenvalue weighted by molar-refractivity contribution is 0.589. The first-order valence-electron chi connectivity index (χ1n) is 10.2. The highest BCUT2D eigenvalue weighted by molar-refractivity contribution is 7.92. The lowest BCUT2D eigenvalue weighted by Crippen LogP contribution is -2.31. The van der Waals surface area contributed by atoms with E-state index < -0.39 is 19.9 Å². The topological polar surface area (TPSA) is 109 Å². The number of fused-ring (bicyclic) bond motifs is 2. The summed E-state index contributed by atoms with van der Waals surface area (Å²) in [5, 5.41) is 0. The smallest absolute Gasteiger partial charge is 0.272 e. The number of H-pyrrole nitrogens is 1. The Morgan fingerprint density at radius 3 is 2.42 bits per heavy atom. The minimum absolute atomic E-state index is 0.00987. The Bertz CT molecular complexity index is 1690. The molecule has 8 nitrogen and oxygen atoms in total. The number of sulfone groups is 1. The molecule has 0 radical (unpaired) electrons. The molecule has 1 aliphatic rings. The molecule has 0 aliphatic carbocycles. The van der Waals surface area contributed by atoms with E-state index in [-0.39, 0.29) is 22.8 Å². The van der Waals surface area contributed by atoms with Gasteiger partial charge >= 0.3 is 0 Å². The lowest BCUT2D eigenvalue weighted by atomic mass is 10.1. The summed E-state index contributed by atoms with van der Waals surface area (Å²) in [6.45, 7) is 1.81. The van der Waals surface area contributed by atoms with Crippen LogP contribution in [-0.2, 0) is 32.2 Å². The molecule has 2 aromatic carbocycles. The van der Waals surface area contributed by atoms with Crippen LogP contribution in [-0.4, -0.2) is 32.5 Å². The SMILES string of the molecule is Cc1cc2n3c(c[nH]c(=O)c13)CN(S(=O)(=O)c1ccccc1)c1ccc(CS(C)(=O)=O)cc1-2. The van der Waals surface area contributed by atoms with E-state index in [9.17, 15) is 21.6 Å². The molecule has 33 heavy (non-hydrogen) atoms. The number of hydrogen-bond acceptors (Lipinski definition) is 5. The average Bonchev–Trinajstić information content (AvgIpc) is 3.04. The number of rotatable bonds is 4. The third-order valence-corrected chi connectivity index (χ3v) is 8.37. The zero-order valence-electron chi connectivity index (χ0n) is 17.9. The van der Waals surface area contributed by atoms with Gasteiger partial charge in [-0.2, -0.15) is 0 Å². The van der Waals surface area contributed by atoms with Crippen molar-refractivity contribution in [3.63, 3.8) is 0 Å². The zero-order chi connectivity index (χ0) is 23.5. The Balaban J connectivity index is 1.84. The molecule has 0 atom stereocenters. The highest BCUT2D eigenvalue weighted by Crippen LogP contribution is 2.40. The molecule has 2 aromatic heterocycles. The standard InChI is InChI=1S/C23H21N3O5S2/c1-15-10-21-19-11-16(14-32(2,28)29)8-9-20(19)25(33(30,31)18-6-4-3-5-7-18)13-17-12-24-23(27)22(15)26(17)21/h3-12H,13-14H2,1-2H3,(H,24,27). The predicted molar refractivity (Wildman–Crippen MR) is 127 cm³/mol. The van der Waals surface area contributed by atoms with Crippen LogP contribution in [0.5, 0.6) is 0 Å². The molecule has 0 bridgehead atoms. The average molecular weight is 484 g/mol. The van der Waals surface area contributed by atoms with Gasteiger partial charge in [0.05, 0.1) is 34.3 Å². The second-order valence-corrected chi connectivity index (χ2v) is 12.3. The number of hydrogen-bond donors (Lipinski definition) is 1. The molecule has 10 heteroatoms. The number of sulfonamides is 1. The van der Waals surface area contributed by atoms with Gasteiger partial charge in [0.15, 0.2) is 9.84 Å². The van der Waals surface area contributed by atoms with Crippen molar-refractivity contribution in [1.82, 2.24) is 9.38 Å². The van der Waals surface area contributed by atoms with E-state index in [2.05, 4.69) is 4.98 Å². The van der Waals surface area contributed by atoms with Crippen molar-refractivity contribution in [2.75, 3.05) is 10.6 Å². The molecule has 0 spiro atoms. The van der Waals surface area contributed by atoms with Crippen molar-refractivity contribution in [1.29, 1.82) is 0 Å². The van der Waals surface area contributed by atoms with Gasteiger partial charge in [-0.05, 0) is 48.4 Å². The van der Waals surface area contributed by atoms with E-state index >= 15 is 0 Å². The molecule has 1 N–H and O–H groups in total. The van der Waals surface area contributed by atoms with E-state index in [1.54, 1.807) is 40.8 Å². The second-order valence-electron chi connectivity index (χ2n) is 8.25. The fourth-order valence-corrected chi connectivity index (χ4v) is 6.64. The molecule has 1 aliphatic heterocycles. The Labute approximate surface area is 191 Å². The number of nitrogens with zero attached hydrogens (tertiary/aromatic N) is 2. The molecular weight excluding hydrogens is 462 g/mol. The number of aromatic nitrogens is 2. The van der Waals surface area contributed by atoms with Crippen molar-refractivity contribution in [2.45, 2.75) is 24.1 Å². The van der Waals surface area contributed by atoms with Crippen molar-refractivity contribution in [3.8, 4) is 11.3 Å². The summed E-state index contributed by atoms with van der Waals surface area (Å²) < 4.78 is 54.3. The predicted octanol–water partition coefficient (Wildman–Crippen LogP) is 2.86. The molecule has 4 aromatic rings. The van der Waals surface area contributed by atoms with Crippen LogP contribution in [0.4, 0.5) is 5.69 Å². The summed E-state index contributed by atoms with van der Waals surface area (Å²) in [6.07, 6.45) is 2.67. The van der Waals surface area contributed by atoms with Gasteiger partial charge in [0, 0.05) is 18.0 Å². The van der Waals surface area contributed by atoms with E-state index in [4.69, 9.17) is 0 Å². The van der Waals surface area contributed by atoms with Gasteiger partial charge in [0.25, 0.3) is 15.6 Å². The summed E-state index contributed by atoms with van der Waals surface area (Å²) >= 11 is 0. The van der Waals surface area contributed by atoms with Crippen LogP contribution in [0.1, 0.15) is 16.8 Å². The number of aromatic amines is 1. The van der Waals surface area contributed by atoms with Gasteiger partial charge in [-0.3, -0.25) is 9.10 Å². The van der Waals surface area contributed by atoms with E-state index in [0.717, 1.165) is 11.8 Å². The first-order chi connectivity index (χ1) is 15.6. The van der Waals surface area contributed by atoms with Crippen molar-refractivity contribution >= 4 is 31.1 Å². The summed E-state index contributed by atoms with van der Waals surface area (Å²) in [7, 11) is -7.25. The molecule has 0 amide bonds. The van der Waals surface area contributed by atoms with Crippen LogP contribution in [0, 0.1) is 6.92 Å². The fraction of sp³-hybridized carbons (Fsp3) is 0.174. The summed E-state index contributed by atoms with van der Waals surface area (Å²) in [6, 6.07) is 14.9. The number of nitrogens with one attached hydrogen (secondary N) is 1. The van der Waals surface area contributed by atoms with Gasteiger partial charge in [-0.1, -0.05) is 24.3 Å². The highest BCUT2D eigenvalue weighted by atomic mass is 32.2. The third-order valence-electron chi connectivity index (χ3n) is 5.73. The molecule has 3 heterocycles. The first-order valence-corrected chi connectivity index (χ1v) is 13.7. The number of anilines is 1. The van der Waals surface area contributed by atoms with Gasteiger partial charge in [0.2, 0.25) is 0 Å². The Hall–Kier alpha value is -3.37. The molecule has 0 fully saturated rings. The minimum atomic E-state index is -3.95. The molecule has 5 rings (SSSR count). The summed E-state index contributed by atoms with van der Waals surface area (Å²) in [5.74, 6) is -0.179. The molecule has 0 unspecified atom stereocenters. The normalized spacial score (nSPS) is 13.7. The second kappa shape index (κ2) is 7.32. The van der Waals surface area contributed by atoms with Gasteiger partial charge in [-0.25, -0.2) is 16.8 Å². The molecule has 170 valence electrons. The maximum Gasteiger partial charge on any atom is 0.272 e. The van der Waals surface area contributed by atoms with Gasteiger partial charge < -0.3 is 9.38 Å². The van der Waals surface area contributed by atoms with Crippen LogP contribution in [0.2, 0.25) is 0 Å². The zero-order valence-corrected chi connectivity index (χ0v) is 19.6. The summed E-state index contributed by atoms with van der Waals surface area (Å²) in [4.78, 5) is 15.4. The van der Waals surface area contributed by atoms with Crippen molar-refractivity contribution < 1.29 is 16.8 Å². The molecular formula is C23H21N3O5S2. The van der Waals surface area contributed by atoms with Crippen LogP contribution < -0.4 is 9.86 Å². The monoisotopic (exact) mass is 483 g/mol. The number of benzene rings is 2. The van der Waals surface area contributed by atoms with E-state index in [1.165, 1.54) is 22.6 Å². The third kappa shape index (κ3) is 3.55. The summed E-state index contributed by atoms with van der Waals surface area (Å²) in [5.41, 5.74) is 3.62. The molecule has 0 saturated carbocycles. The Kier molecular flexibility index (Phi) is 4.77. The van der Waals surface area contributed by atoms with E-state index in [1.807, 2.05) is 13.0 Å². The van der Waals surface area contributed by atoms with Crippen LogP contribution in [0.25, 0.3) is 16.8 Å². The van der Waals surface area contributed by atoms with Gasteiger partial charge in [0.1, 0.15) is 5.52 Å². The minimum Gasteiger partial charge on any atom is -0.325 e. The largest absolute Gasteiger partial charge is 0.325 e. The Morgan fingerprint density at radius 2 is 1.73 bits per heavy atom. The van der Waals surface area contributed by atoms with Crippen LogP contribution >= 0.6 is 0 Å². The van der Waals surface area contributed by atoms with Crippen molar-refractivity contribution in [3.05, 3.63) is 88.0 Å².